The fourth-order valence-corrected chi connectivity index (χ4v) is 3.80. The van der Waals surface area contributed by atoms with Crippen LogP contribution in [0.3, 0.4) is 0 Å². The van der Waals surface area contributed by atoms with Gasteiger partial charge in [0.25, 0.3) is 0 Å². The number of aromatic amines is 1. The molecule has 2 aromatic heterocycles. The molecule has 1 saturated heterocycles. The Kier molecular flexibility index (Phi) is 5.48. The number of H-pyrrole nitrogens is 1. The number of ether oxygens (including phenoxy) is 1. The summed E-state index contributed by atoms with van der Waals surface area (Å²) < 4.78 is 5.52. The zero-order chi connectivity index (χ0) is 21.1. The summed E-state index contributed by atoms with van der Waals surface area (Å²) in [5, 5.41) is 9.70. The molecule has 1 atom stereocenters. The number of Topliss-reactive ketones (excluding diaryl/α,β-unsaturated/α-hetero) is 1. The van der Waals surface area contributed by atoms with Gasteiger partial charge < -0.3 is 14.6 Å². The van der Waals surface area contributed by atoms with E-state index < -0.39 is 6.10 Å². The van der Waals surface area contributed by atoms with E-state index in [0.717, 1.165) is 16.7 Å². The number of nitrogens with one attached hydrogen (secondary N) is 1. The van der Waals surface area contributed by atoms with Crippen molar-refractivity contribution in [2.24, 2.45) is 5.92 Å². The summed E-state index contributed by atoms with van der Waals surface area (Å²) in [5.41, 5.74) is 1.93. The standard InChI is InChI=1S/C23H22N4O3/c1-15(22(28)19-14-25-20-5-3-2-4-18(19)20)30-23(29)17-8-10-27(11-9-17)21-7-6-16(12-24)13-26-21/h2-7,13-15,17,25H,8-11H2,1H3. The second kappa shape index (κ2) is 8.37. The van der Waals surface area contributed by atoms with Crippen LogP contribution in [0.5, 0.6) is 0 Å². The lowest BCUT2D eigenvalue weighted by Crippen LogP contribution is -2.38. The van der Waals surface area contributed by atoms with Crippen molar-refractivity contribution >= 4 is 28.5 Å². The largest absolute Gasteiger partial charge is 0.454 e. The molecule has 1 aromatic carbocycles. The molecule has 152 valence electrons. The molecule has 0 spiro atoms. The molecule has 1 aliphatic rings. The van der Waals surface area contributed by atoms with Gasteiger partial charge in [0.15, 0.2) is 6.10 Å². The molecular formula is C23H22N4O3. The van der Waals surface area contributed by atoms with Crippen LogP contribution in [0.25, 0.3) is 10.9 Å². The van der Waals surface area contributed by atoms with E-state index in [1.54, 1.807) is 25.4 Å². The summed E-state index contributed by atoms with van der Waals surface area (Å²) in [6.45, 7) is 2.96. The third kappa shape index (κ3) is 3.90. The van der Waals surface area contributed by atoms with Crippen LogP contribution >= 0.6 is 0 Å². The summed E-state index contributed by atoms with van der Waals surface area (Å²) in [6.07, 6.45) is 3.65. The molecule has 0 bridgehead atoms. The zero-order valence-corrected chi connectivity index (χ0v) is 16.7. The molecule has 7 heteroatoms. The number of carbonyl (C=O) groups is 2. The van der Waals surface area contributed by atoms with Gasteiger partial charge >= 0.3 is 5.97 Å². The van der Waals surface area contributed by atoms with Crippen LogP contribution in [0.15, 0.2) is 48.8 Å². The number of nitriles is 1. The molecule has 30 heavy (non-hydrogen) atoms. The molecule has 3 aromatic rings. The number of benzene rings is 1. The highest BCUT2D eigenvalue weighted by atomic mass is 16.5. The number of anilines is 1. The lowest BCUT2D eigenvalue weighted by atomic mass is 9.96. The number of hydrogen-bond acceptors (Lipinski definition) is 6. The van der Waals surface area contributed by atoms with Gasteiger partial charge in [-0.15, -0.1) is 0 Å². The van der Waals surface area contributed by atoms with Gasteiger partial charge in [-0.3, -0.25) is 9.59 Å². The Morgan fingerprint density at radius 2 is 2.00 bits per heavy atom. The maximum Gasteiger partial charge on any atom is 0.309 e. The van der Waals surface area contributed by atoms with E-state index in [9.17, 15) is 9.59 Å². The third-order valence-electron chi connectivity index (χ3n) is 5.55. The molecule has 1 unspecified atom stereocenters. The average Bonchev–Trinajstić information content (AvgIpc) is 3.23. The highest BCUT2D eigenvalue weighted by molar-refractivity contribution is 6.10. The number of rotatable bonds is 5. The number of piperidine rings is 1. The van der Waals surface area contributed by atoms with Gasteiger partial charge in [-0.05, 0) is 38.0 Å². The Labute approximate surface area is 174 Å². The first kappa shape index (κ1) is 19.6. The molecule has 1 fully saturated rings. The second-order valence-electron chi connectivity index (χ2n) is 7.47. The van der Waals surface area contributed by atoms with E-state index in [4.69, 9.17) is 10.00 Å². The SMILES string of the molecule is CC(OC(=O)C1CCN(c2ccc(C#N)cn2)CC1)C(=O)c1c[nH]c2ccccc12. The van der Waals surface area contributed by atoms with Gasteiger partial charge in [0.1, 0.15) is 11.9 Å². The van der Waals surface area contributed by atoms with E-state index in [-0.39, 0.29) is 17.7 Å². The van der Waals surface area contributed by atoms with Crippen LogP contribution in [0.4, 0.5) is 5.82 Å². The smallest absolute Gasteiger partial charge is 0.309 e. The van der Waals surface area contributed by atoms with Crippen LogP contribution in [0.2, 0.25) is 0 Å². The molecule has 3 heterocycles. The number of hydrogen-bond donors (Lipinski definition) is 1. The number of aromatic nitrogens is 2. The topological polar surface area (TPSA) is 99.1 Å². The lowest BCUT2D eigenvalue weighted by molar-refractivity contribution is -0.151. The normalized spacial score (nSPS) is 15.5. The maximum absolute atomic E-state index is 12.8. The van der Waals surface area contributed by atoms with Crippen molar-refractivity contribution < 1.29 is 14.3 Å². The Morgan fingerprint density at radius 1 is 1.23 bits per heavy atom. The van der Waals surface area contributed by atoms with Crippen molar-refractivity contribution in [2.75, 3.05) is 18.0 Å². The number of ketones is 1. The van der Waals surface area contributed by atoms with Gasteiger partial charge in [-0.25, -0.2) is 4.98 Å². The predicted octanol–water partition coefficient (Wildman–Crippen LogP) is 3.47. The van der Waals surface area contributed by atoms with Gasteiger partial charge in [0, 0.05) is 41.9 Å². The Hall–Kier alpha value is -3.66. The van der Waals surface area contributed by atoms with Crippen LogP contribution in [0, 0.1) is 17.2 Å². The number of carbonyl (C=O) groups excluding carboxylic acids is 2. The molecule has 0 aliphatic carbocycles. The second-order valence-corrected chi connectivity index (χ2v) is 7.47. The molecule has 7 nitrogen and oxygen atoms in total. The number of fused-ring (bicyclic) bond motifs is 1. The van der Waals surface area contributed by atoms with Crippen molar-refractivity contribution in [1.82, 2.24) is 9.97 Å². The molecule has 1 aliphatic heterocycles. The van der Waals surface area contributed by atoms with Crippen molar-refractivity contribution in [1.29, 1.82) is 5.26 Å². The quantitative estimate of drug-likeness (QED) is 0.518. The Balaban J connectivity index is 1.34. The van der Waals surface area contributed by atoms with Crippen molar-refractivity contribution in [3.63, 3.8) is 0 Å². The highest BCUT2D eigenvalue weighted by Crippen LogP contribution is 2.24. The van der Waals surface area contributed by atoms with Crippen LogP contribution in [0.1, 0.15) is 35.7 Å². The van der Waals surface area contributed by atoms with Gasteiger partial charge in [-0.2, -0.15) is 5.26 Å². The molecule has 0 saturated carbocycles. The van der Waals surface area contributed by atoms with Crippen molar-refractivity contribution in [2.45, 2.75) is 25.9 Å². The summed E-state index contributed by atoms with van der Waals surface area (Å²) in [5.74, 6) is 0.0182. The van der Waals surface area contributed by atoms with E-state index in [1.165, 1.54) is 0 Å². The zero-order valence-electron chi connectivity index (χ0n) is 16.7. The Morgan fingerprint density at radius 3 is 2.70 bits per heavy atom. The minimum absolute atomic E-state index is 0.208. The first-order valence-corrected chi connectivity index (χ1v) is 9.98. The molecular weight excluding hydrogens is 380 g/mol. The molecule has 4 rings (SSSR count). The average molecular weight is 402 g/mol. The number of para-hydroxylation sites is 1. The molecule has 1 N–H and O–H groups in total. The summed E-state index contributed by atoms with van der Waals surface area (Å²) in [7, 11) is 0. The van der Waals surface area contributed by atoms with Gasteiger partial charge in [0.2, 0.25) is 5.78 Å². The van der Waals surface area contributed by atoms with E-state index in [2.05, 4.69) is 20.9 Å². The highest BCUT2D eigenvalue weighted by Gasteiger charge is 2.30. The molecule has 0 radical (unpaired) electrons. The minimum atomic E-state index is -0.838. The first-order chi connectivity index (χ1) is 14.6. The van der Waals surface area contributed by atoms with Crippen LogP contribution in [-0.4, -0.2) is 40.9 Å². The number of pyridine rings is 1. The maximum atomic E-state index is 12.8. The van der Waals surface area contributed by atoms with E-state index in [0.29, 0.717) is 37.1 Å². The summed E-state index contributed by atoms with van der Waals surface area (Å²) >= 11 is 0. The number of esters is 1. The number of nitrogens with zero attached hydrogens (tertiary/aromatic N) is 3. The van der Waals surface area contributed by atoms with Crippen LogP contribution in [-0.2, 0) is 9.53 Å². The van der Waals surface area contributed by atoms with Gasteiger partial charge in [0.05, 0.1) is 11.5 Å². The molecule has 0 amide bonds. The fourth-order valence-electron chi connectivity index (χ4n) is 3.80. The van der Waals surface area contributed by atoms with Crippen molar-refractivity contribution in [3.8, 4) is 6.07 Å². The summed E-state index contributed by atoms with van der Waals surface area (Å²) in [4.78, 5) is 34.9. The fraction of sp³-hybridized carbons (Fsp3) is 0.304. The monoisotopic (exact) mass is 402 g/mol. The Bertz CT molecular complexity index is 1110. The van der Waals surface area contributed by atoms with E-state index in [1.807, 2.05) is 30.3 Å². The van der Waals surface area contributed by atoms with E-state index >= 15 is 0 Å². The lowest BCUT2D eigenvalue weighted by Gasteiger charge is -2.32. The van der Waals surface area contributed by atoms with Crippen LogP contribution < -0.4 is 4.90 Å². The third-order valence-corrected chi connectivity index (χ3v) is 5.55. The first-order valence-electron chi connectivity index (χ1n) is 9.98. The van der Waals surface area contributed by atoms with Crippen molar-refractivity contribution in [3.05, 3.63) is 59.9 Å². The predicted molar refractivity (Wildman–Crippen MR) is 112 cm³/mol. The summed E-state index contributed by atoms with van der Waals surface area (Å²) in [6, 6.07) is 13.2. The van der Waals surface area contributed by atoms with Gasteiger partial charge in [-0.1, -0.05) is 18.2 Å². The minimum Gasteiger partial charge on any atom is -0.454 e.